The third kappa shape index (κ3) is 7.88. The highest BCUT2D eigenvalue weighted by molar-refractivity contribution is 14.0. The molecule has 0 saturated carbocycles. The summed E-state index contributed by atoms with van der Waals surface area (Å²) in [6, 6.07) is 9.98. The van der Waals surface area contributed by atoms with Crippen molar-refractivity contribution in [3.63, 3.8) is 0 Å². The molecule has 0 aliphatic carbocycles. The van der Waals surface area contributed by atoms with Crippen LogP contribution in [0.5, 0.6) is 0 Å². The van der Waals surface area contributed by atoms with E-state index < -0.39 is 6.10 Å². The van der Waals surface area contributed by atoms with E-state index in [2.05, 4.69) is 20.6 Å². The highest BCUT2D eigenvalue weighted by atomic mass is 127. The van der Waals surface area contributed by atoms with Crippen molar-refractivity contribution in [1.82, 2.24) is 15.6 Å². The van der Waals surface area contributed by atoms with Gasteiger partial charge in [-0.1, -0.05) is 30.3 Å². The van der Waals surface area contributed by atoms with Gasteiger partial charge < -0.3 is 20.6 Å². The summed E-state index contributed by atoms with van der Waals surface area (Å²) in [7, 11) is 3.96. The standard InChI is InChI=1S/C18H27N5OS.HI/c1-4-19-17(20-11-15-13-25-18(22-15)23(2)3)21-12-16(24)10-14-8-6-5-7-9-14;/h5-9,13,16,24H,4,10-12H2,1-3H3,(H2,19,20,21);1H. The molecule has 0 fully saturated rings. The van der Waals surface area contributed by atoms with Crippen molar-refractivity contribution in [2.75, 3.05) is 32.1 Å². The van der Waals surface area contributed by atoms with Gasteiger partial charge in [-0.05, 0) is 12.5 Å². The monoisotopic (exact) mass is 489 g/mol. The van der Waals surface area contributed by atoms with Crippen LogP contribution in [0.15, 0.2) is 40.7 Å². The number of nitrogens with zero attached hydrogens (tertiary/aromatic N) is 3. The molecule has 3 N–H and O–H groups in total. The molecule has 8 heteroatoms. The van der Waals surface area contributed by atoms with Gasteiger partial charge >= 0.3 is 0 Å². The third-order valence-corrected chi connectivity index (χ3v) is 4.54. The average molecular weight is 489 g/mol. The first kappa shape index (κ1) is 22.7. The summed E-state index contributed by atoms with van der Waals surface area (Å²) < 4.78 is 0. The molecule has 0 radical (unpaired) electrons. The molecule has 0 amide bonds. The number of aromatic nitrogens is 1. The zero-order valence-corrected chi connectivity index (χ0v) is 18.6. The summed E-state index contributed by atoms with van der Waals surface area (Å²) in [5, 5.41) is 19.6. The van der Waals surface area contributed by atoms with E-state index in [1.807, 2.05) is 61.6 Å². The SMILES string of the molecule is CCNC(=NCc1csc(N(C)C)n1)NCC(O)Cc1ccccc1.I. The molecular weight excluding hydrogens is 461 g/mol. The minimum atomic E-state index is -0.467. The molecule has 1 unspecified atom stereocenters. The Kier molecular flexibility index (Phi) is 10.5. The summed E-state index contributed by atoms with van der Waals surface area (Å²) in [5.74, 6) is 0.689. The van der Waals surface area contributed by atoms with Crippen LogP contribution in [0, 0.1) is 0 Å². The van der Waals surface area contributed by atoms with Crippen LogP contribution in [-0.2, 0) is 13.0 Å². The van der Waals surface area contributed by atoms with Crippen molar-refractivity contribution < 1.29 is 5.11 Å². The van der Waals surface area contributed by atoms with Crippen LogP contribution in [0.2, 0.25) is 0 Å². The molecule has 0 aliphatic heterocycles. The number of aliphatic imine (C=N–C) groups is 1. The number of hydrogen-bond donors (Lipinski definition) is 3. The lowest BCUT2D eigenvalue weighted by Crippen LogP contribution is -2.41. The van der Waals surface area contributed by atoms with Crippen LogP contribution in [0.4, 0.5) is 5.13 Å². The predicted octanol–water partition coefficient (Wildman–Crippen LogP) is 2.49. The minimum absolute atomic E-state index is 0. The Balaban J connectivity index is 0.00000338. The first-order valence-corrected chi connectivity index (χ1v) is 9.32. The zero-order valence-electron chi connectivity index (χ0n) is 15.5. The maximum absolute atomic E-state index is 10.2. The van der Waals surface area contributed by atoms with Gasteiger partial charge in [0.15, 0.2) is 11.1 Å². The summed E-state index contributed by atoms with van der Waals surface area (Å²) >= 11 is 1.61. The summed E-state index contributed by atoms with van der Waals surface area (Å²) in [6.45, 7) is 3.74. The van der Waals surface area contributed by atoms with Crippen molar-refractivity contribution >= 4 is 46.4 Å². The second-order valence-corrected chi connectivity index (χ2v) is 6.77. The summed E-state index contributed by atoms with van der Waals surface area (Å²) in [4.78, 5) is 11.1. The van der Waals surface area contributed by atoms with Gasteiger partial charge in [-0.25, -0.2) is 9.98 Å². The number of halogens is 1. The predicted molar refractivity (Wildman–Crippen MR) is 121 cm³/mol. The van der Waals surface area contributed by atoms with Crippen molar-refractivity contribution in [3.8, 4) is 0 Å². The number of benzene rings is 1. The lowest BCUT2D eigenvalue weighted by atomic mass is 10.1. The fourth-order valence-electron chi connectivity index (χ4n) is 2.25. The van der Waals surface area contributed by atoms with Gasteiger partial charge in [0.05, 0.1) is 18.3 Å². The maximum atomic E-state index is 10.2. The van der Waals surface area contributed by atoms with Crippen molar-refractivity contribution in [2.45, 2.75) is 26.0 Å². The van der Waals surface area contributed by atoms with E-state index in [0.29, 0.717) is 25.5 Å². The molecule has 144 valence electrons. The fraction of sp³-hybridized carbons (Fsp3) is 0.444. The Morgan fingerprint density at radius 2 is 2.00 bits per heavy atom. The Morgan fingerprint density at radius 3 is 2.62 bits per heavy atom. The quantitative estimate of drug-likeness (QED) is 0.302. The van der Waals surface area contributed by atoms with Crippen LogP contribution in [0.1, 0.15) is 18.2 Å². The average Bonchev–Trinajstić information content (AvgIpc) is 3.07. The number of thiazole rings is 1. The molecule has 26 heavy (non-hydrogen) atoms. The summed E-state index contributed by atoms with van der Waals surface area (Å²) in [5.41, 5.74) is 2.06. The van der Waals surface area contributed by atoms with Crippen LogP contribution in [0.25, 0.3) is 0 Å². The van der Waals surface area contributed by atoms with Crippen LogP contribution in [-0.4, -0.2) is 49.3 Å². The highest BCUT2D eigenvalue weighted by Crippen LogP contribution is 2.18. The Bertz CT molecular complexity index is 663. The number of rotatable bonds is 8. The van der Waals surface area contributed by atoms with Gasteiger partial charge in [0.2, 0.25) is 0 Å². The molecule has 0 aliphatic rings. The molecule has 1 aromatic carbocycles. The van der Waals surface area contributed by atoms with Gasteiger partial charge in [0, 0.05) is 39.0 Å². The fourth-order valence-corrected chi connectivity index (χ4v) is 3.00. The molecular formula is C18H28IN5OS. The number of hydrogen-bond acceptors (Lipinski definition) is 5. The second-order valence-electron chi connectivity index (χ2n) is 5.94. The number of anilines is 1. The third-order valence-electron chi connectivity index (χ3n) is 3.48. The molecule has 1 atom stereocenters. The van der Waals surface area contributed by atoms with Crippen molar-refractivity contribution in [3.05, 3.63) is 47.0 Å². The molecule has 1 aromatic heterocycles. The molecule has 0 spiro atoms. The zero-order chi connectivity index (χ0) is 18.1. The first-order valence-electron chi connectivity index (χ1n) is 8.44. The smallest absolute Gasteiger partial charge is 0.191 e. The van der Waals surface area contributed by atoms with E-state index in [0.717, 1.165) is 22.9 Å². The number of aliphatic hydroxyl groups excluding tert-OH is 1. The topological polar surface area (TPSA) is 72.8 Å². The lowest BCUT2D eigenvalue weighted by molar-refractivity contribution is 0.177. The van der Waals surface area contributed by atoms with Crippen molar-refractivity contribution in [2.24, 2.45) is 4.99 Å². The molecule has 1 heterocycles. The van der Waals surface area contributed by atoms with Crippen LogP contribution >= 0.6 is 35.3 Å². The Morgan fingerprint density at radius 1 is 1.27 bits per heavy atom. The number of aliphatic hydroxyl groups is 1. The molecule has 2 rings (SSSR count). The Hall–Kier alpha value is -1.39. The van der Waals surface area contributed by atoms with Gasteiger partial charge in [0.1, 0.15) is 0 Å². The van der Waals surface area contributed by atoms with Gasteiger partial charge in [-0.2, -0.15) is 0 Å². The van der Waals surface area contributed by atoms with E-state index in [9.17, 15) is 5.11 Å². The van der Waals surface area contributed by atoms with Crippen LogP contribution < -0.4 is 15.5 Å². The minimum Gasteiger partial charge on any atom is -0.391 e. The lowest BCUT2D eigenvalue weighted by Gasteiger charge is -2.15. The molecule has 0 bridgehead atoms. The van der Waals surface area contributed by atoms with Gasteiger partial charge in [-0.15, -0.1) is 35.3 Å². The summed E-state index contributed by atoms with van der Waals surface area (Å²) in [6.07, 6.45) is 0.150. The first-order chi connectivity index (χ1) is 12.1. The largest absolute Gasteiger partial charge is 0.391 e. The van der Waals surface area contributed by atoms with E-state index in [4.69, 9.17) is 0 Å². The molecule has 0 saturated heterocycles. The second kappa shape index (κ2) is 12.1. The van der Waals surface area contributed by atoms with E-state index in [-0.39, 0.29) is 24.0 Å². The van der Waals surface area contributed by atoms with E-state index >= 15 is 0 Å². The van der Waals surface area contributed by atoms with Gasteiger partial charge in [-0.3, -0.25) is 0 Å². The molecule has 2 aromatic rings. The Labute approximate surface area is 176 Å². The maximum Gasteiger partial charge on any atom is 0.191 e. The van der Waals surface area contributed by atoms with Crippen molar-refractivity contribution in [1.29, 1.82) is 0 Å². The number of nitrogens with one attached hydrogen (secondary N) is 2. The number of guanidine groups is 1. The van der Waals surface area contributed by atoms with E-state index in [1.165, 1.54) is 0 Å². The normalized spacial score (nSPS) is 12.2. The highest BCUT2D eigenvalue weighted by Gasteiger charge is 2.08. The molecule has 6 nitrogen and oxygen atoms in total. The van der Waals surface area contributed by atoms with Gasteiger partial charge in [0.25, 0.3) is 0 Å². The van der Waals surface area contributed by atoms with E-state index in [1.54, 1.807) is 11.3 Å². The van der Waals surface area contributed by atoms with Crippen LogP contribution in [0.3, 0.4) is 0 Å².